The third-order valence-electron chi connectivity index (χ3n) is 2.89. The molecule has 1 amide bonds. The highest BCUT2D eigenvalue weighted by Gasteiger charge is 2.41. The van der Waals surface area contributed by atoms with Crippen LogP contribution in [0.3, 0.4) is 0 Å². The number of nitrogens with one attached hydrogen (secondary N) is 1. The Labute approximate surface area is 98.4 Å². The van der Waals surface area contributed by atoms with Gasteiger partial charge in [-0.05, 0) is 20.5 Å². The average molecular weight is 231 g/mol. The summed E-state index contributed by atoms with van der Waals surface area (Å²) in [6, 6.07) is 0. The molecule has 1 aliphatic rings. The fourth-order valence-corrected chi connectivity index (χ4v) is 2.24. The summed E-state index contributed by atoms with van der Waals surface area (Å²) in [5.41, 5.74) is 1.30. The molecule has 5 nitrogen and oxygen atoms in total. The smallest absolute Gasteiger partial charge is 0.252 e. The van der Waals surface area contributed by atoms with E-state index in [-0.39, 0.29) is 5.91 Å². The molecule has 5 heteroatoms. The first-order valence-electron chi connectivity index (χ1n) is 5.85. The summed E-state index contributed by atoms with van der Waals surface area (Å²) in [6.45, 7) is 8.23. The predicted octanol–water partition coefficient (Wildman–Crippen LogP) is 0.749. The molecule has 0 aromatic rings. The van der Waals surface area contributed by atoms with Gasteiger partial charge in [-0.3, -0.25) is 19.8 Å². The number of nitrogens with zero attached hydrogens (tertiary/aromatic N) is 2. The number of hydroxylamine groups is 1. The lowest BCUT2D eigenvalue weighted by Gasteiger charge is -2.43. The van der Waals surface area contributed by atoms with Crippen LogP contribution in [-0.2, 0) is 4.79 Å². The van der Waals surface area contributed by atoms with Gasteiger partial charge >= 0.3 is 0 Å². The third-order valence-corrected chi connectivity index (χ3v) is 2.89. The highest BCUT2D eigenvalue weighted by molar-refractivity contribution is 5.82. The second-order valence-electron chi connectivity index (χ2n) is 4.24. The molecule has 1 heterocycles. The van der Waals surface area contributed by atoms with Gasteiger partial charge in [-0.2, -0.15) is 0 Å². The molecule has 0 radical (unpaired) electrons. The van der Waals surface area contributed by atoms with E-state index >= 15 is 0 Å². The Hall–Kier alpha value is -0.650. The normalized spacial score (nSPS) is 20.9. The molecule has 1 saturated heterocycles. The van der Waals surface area contributed by atoms with Crippen LogP contribution in [0.25, 0.3) is 0 Å². The molecule has 0 aromatic heterocycles. The van der Waals surface area contributed by atoms with E-state index in [4.69, 9.17) is 5.21 Å². The van der Waals surface area contributed by atoms with Gasteiger partial charge in [-0.15, -0.1) is 0 Å². The van der Waals surface area contributed by atoms with Crippen LogP contribution in [0, 0.1) is 5.41 Å². The van der Waals surface area contributed by atoms with Gasteiger partial charge in [0.1, 0.15) is 0 Å². The molecule has 0 unspecified atom stereocenters. The molecular weight excluding hydrogens is 206 g/mol. The first kappa shape index (κ1) is 15.3. The lowest BCUT2D eigenvalue weighted by atomic mass is 9.82. The molecule has 0 bridgehead atoms. The second-order valence-corrected chi connectivity index (χ2v) is 4.24. The largest absolute Gasteiger partial charge is 0.292 e. The molecule has 0 spiro atoms. The van der Waals surface area contributed by atoms with Crippen molar-refractivity contribution in [3.63, 3.8) is 0 Å². The van der Waals surface area contributed by atoms with E-state index in [1.165, 1.54) is 0 Å². The number of hydrogen-bond donors (Lipinski definition) is 2. The van der Waals surface area contributed by atoms with Gasteiger partial charge in [0.15, 0.2) is 0 Å². The van der Waals surface area contributed by atoms with Gasteiger partial charge in [0.25, 0.3) is 5.91 Å². The van der Waals surface area contributed by atoms with E-state index in [1.807, 2.05) is 34.9 Å². The Morgan fingerprint density at radius 1 is 1.31 bits per heavy atom. The van der Waals surface area contributed by atoms with Gasteiger partial charge in [0.2, 0.25) is 0 Å². The van der Waals surface area contributed by atoms with E-state index in [9.17, 15) is 4.79 Å². The predicted molar refractivity (Wildman–Crippen MR) is 64.1 cm³/mol. The van der Waals surface area contributed by atoms with Crippen molar-refractivity contribution in [2.75, 3.05) is 33.9 Å². The summed E-state index contributed by atoms with van der Waals surface area (Å²) in [7, 11) is 3.95. The summed E-state index contributed by atoms with van der Waals surface area (Å²) in [6.07, 6.45) is 0.730. The SMILES string of the molecule is CC.CCC1(C(=O)NO)CN(C)CN(C)C1. The molecule has 16 heavy (non-hydrogen) atoms. The molecule has 96 valence electrons. The van der Waals surface area contributed by atoms with Crippen LogP contribution >= 0.6 is 0 Å². The second kappa shape index (κ2) is 6.83. The number of hydrogen-bond acceptors (Lipinski definition) is 4. The summed E-state index contributed by atoms with van der Waals surface area (Å²) in [5.74, 6) is -0.279. The maximum absolute atomic E-state index is 11.6. The van der Waals surface area contributed by atoms with Crippen molar-refractivity contribution < 1.29 is 10.0 Å². The lowest BCUT2D eigenvalue weighted by molar-refractivity contribution is -0.146. The molecule has 0 aliphatic carbocycles. The minimum atomic E-state index is -0.476. The first-order chi connectivity index (χ1) is 7.54. The number of carbonyl (C=O) groups excluding carboxylic acids is 1. The summed E-state index contributed by atoms with van der Waals surface area (Å²) < 4.78 is 0. The fourth-order valence-electron chi connectivity index (χ4n) is 2.24. The van der Waals surface area contributed by atoms with E-state index < -0.39 is 5.41 Å². The highest BCUT2D eigenvalue weighted by atomic mass is 16.5. The molecule has 0 saturated carbocycles. The maximum Gasteiger partial charge on any atom is 0.252 e. The molecule has 2 N–H and O–H groups in total. The van der Waals surface area contributed by atoms with Crippen LogP contribution < -0.4 is 5.48 Å². The fraction of sp³-hybridized carbons (Fsp3) is 0.909. The van der Waals surface area contributed by atoms with Gasteiger partial charge in [0, 0.05) is 13.1 Å². The first-order valence-corrected chi connectivity index (χ1v) is 5.85. The Kier molecular flexibility index (Phi) is 6.55. The molecule has 1 fully saturated rings. The van der Waals surface area contributed by atoms with E-state index in [0.717, 1.165) is 13.1 Å². The topological polar surface area (TPSA) is 55.8 Å². The Morgan fingerprint density at radius 3 is 2.06 bits per heavy atom. The molecular formula is C11H25N3O2. The lowest BCUT2D eigenvalue weighted by Crippen LogP contribution is -2.58. The number of rotatable bonds is 2. The molecule has 1 rings (SSSR count). The maximum atomic E-state index is 11.6. The zero-order valence-corrected chi connectivity index (χ0v) is 11.1. The van der Waals surface area contributed by atoms with Gasteiger partial charge in [-0.25, -0.2) is 5.48 Å². The van der Waals surface area contributed by atoms with Crippen LogP contribution in [0.15, 0.2) is 0 Å². The molecule has 0 atom stereocenters. The molecule has 1 aliphatic heterocycles. The van der Waals surface area contributed by atoms with E-state index in [1.54, 1.807) is 5.48 Å². The zero-order valence-electron chi connectivity index (χ0n) is 11.1. The molecule has 0 aromatic carbocycles. The highest BCUT2D eigenvalue weighted by Crippen LogP contribution is 2.27. The van der Waals surface area contributed by atoms with Crippen molar-refractivity contribution in [3.8, 4) is 0 Å². The Balaban J connectivity index is 0.00000106. The van der Waals surface area contributed by atoms with Crippen LogP contribution in [0.2, 0.25) is 0 Å². The quantitative estimate of drug-likeness (QED) is 0.544. The van der Waals surface area contributed by atoms with Crippen molar-refractivity contribution in [2.45, 2.75) is 27.2 Å². The third kappa shape index (κ3) is 3.43. The average Bonchev–Trinajstić information content (AvgIpc) is 2.29. The standard InChI is InChI=1S/C9H19N3O2.C2H6/c1-4-9(8(13)10-14)5-11(2)7-12(3)6-9;1-2/h14H,4-7H2,1-3H3,(H,10,13);1-2H3. The zero-order chi connectivity index (χ0) is 12.8. The van der Waals surface area contributed by atoms with Crippen molar-refractivity contribution >= 4 is 5.91 Å². The van der Waals surface area contributed by atoms with Crippen molar-refractivity contribution in [3.05, 3.63) is 0 Å². The Morgan fingerprint density at radius 2 is 1.75 bits per heavy atom. The number of carbonyl (C=O) groups is 1. The summed E-state index contributed by atoms with van der Waals surface area (Å²) >= 11 is 0. The van der Waals surface area contributed by atoms with Gasteiger partial charge < -0.3 is 0 Å². The van der Waals surface area contributed by atoms with Gasteiger partial charge in [-0.1, -0.05) is 20.8 Å². The van der Waals surface area contributed by atoms with Gasteiger partial charge in [0.05, 0.1) is 12.1 Å². The van der Waals surface area contributed by atoms with Crippen LogP contribution in [0.4, 0.5) is 0 Å². The minimum Gasteiger partial charge on any atom is -0.292 e. The van der Waals surface area contributed by atoms with Crippen molar-refractivity contribution in [1.29, 1.82) is 0 Å². The van der Waals surface area contributed by atoms with Crippen molar-refractivity contribution in [2.24, 2.45) is 5.41 Å². The van der Waals surface area contributed by atoms with Crippen LogP contribution in [0.1, 0.15) is 27.2 Å². The van der Waals surface area contributed by atoms with Crippen LogP contribution in [0.5, 0.6) is 0 Å². The van der Waals surface area contributed by atoms with E-state index in [2.05, 4.69) is 9.80 Å². The van der Waals surface area contributed by atoms with Crippen molar-refractivity contribution in [1.82, 2.24) is 15.3 Å². The summed E-state index contributed by atoms with van der Waals surface area (Å²) in [5, 5.41) is 8.72. The summed E-state index contributed by atoms with van der Waals surface area (Å²) in [4.78, 5) is 15.8. The monoisotopic (exact) mass is 231 g/mol. The van der Waals surface area contributed by atoms with E-state index in [0.29, 0.717) is 13.1 Å². The number of amides is 1. The van der Waals surface area contributed by atoms with Crippen LogP contribution in [-0.4, -0.2) is 54.8 Å². The minimum absolute atomic E-state index is 0.279. The Bertz CT molecular complexity index is 211.